The van der Waals surface area contributed by atoms with Crippen molar-refractivity contribution in [1.82, 2.24) is 9.61 Å². The van der Waals surface area contributed by atoms with Gasteiger partial charge in [-0.05, 0) is 60.4 Å². The first-order valence-electron chi connectivity index (χ1n) is 9.38. The fourth-order valence-corrected chi connectivity index (χ4v) is 3.36. The van der Waals surface area contributed by atoms with Crippen molar-refractivity contribution in [2.75, 3.05) is 0 Å². The van der Waals surface area contributed by atoms with E-state index in [0.717, 1.165) is 39.2 Å². The van der Waals surface area contributed by atoms with E-state index in [0.29, 0.717) is 5.92 Å². The lowest BCUT2D eigenvalue weighted by atomic mass is 10.00. The number of allylic oxidation sites excluding steroid dienone is 1. The molecule has 0 radical (unpaired) electrons. The van der Waals surface area contributed by atoms with Crippen LogP contribution in [0.3, 0.4) is 0 Å². The molecular weight excluding hydrogens is 328 g/mol. The third-order valence-corrected chi connectivity index (χ3v) is 5.00. The minimum atomic E-state index is 0.501. The second kappa shape index (κ2) is 6.88. The Kier molecular flexibility index (Phi) is 4.41. The van der Waals surface area contributed by atoms with Crippen LogP contribution in [-0.4, -0.2) is 9.61 Å². The number of hydrogen-bond donors (Lipinski definition) is 0. The third-order valence-electron chi connectivity index (χ3n) is 5.00. The Hall–Kier alpha value is -3.13. The van der Waals surface area contributed by atoms with Gasteiger partial charge < -0.3 is 0 Å². The molecule has 0 atom stereocenters. The van der Waals surface area contributed by atoms with Gasteiger partial charge in [-0.15, -0.1) is 0 Å². The van der Waals surface area contributed by atoms with Gasteiger partial charge in [0.05, 0.1) is 16.9 Å². The summed E-state index contributed by atoms with van der Waals surface area (Å²) in [5.41, 5.74) is 9.02. The van der Waals surface area contributed by atoms with Crippen LogP contribution in [0, 0.1) is 0 Å². The molecule has 4 rings (SSSR count). The Morgan fingerprint density at radius 1 is 0.889 bits per heavy atom. The molecule has 2 aromatic carbocycles. The summed E-state index contributed by atoms with van der Waals surface area (Å²) in [4.78, 5) is 0. The van der Waals surface area contributed by atoms with Gasteiger partial charge in [-0.2, -0.15) is 5.10 Å². The van der Waals surface area contributed by atoms with E-state index >= 15 is 0 Å². The highest BCUT2D eigenvalue weighted by Crippen LogP contribution is 2.27. The predicted molar refractivity (Wildman–Crippen MR) is 115 cm³/mol. The van der Waals surface area contributed by atoms with Crippen molar-refractivity contribution in [2.45, 2.75) is 26.7 Å². The van der Waals surface area contributed by atoms with Crippen molar-refractivity contribution < 1.29 is 0 Å². The monoisotopic (exact) mass is 352 g/mol. The van der Waals surface area contributed by atoms with Crippen LogP contribution in [0.5, 0.6) is 0 Å². The van der Waals surface area contributed by atoms with Crippen molar-refractivity contribution in [3.63, 3.8) is 0 Å². The molecule has 134 valence electrons. The van der Waals surface area contributed by atoms with Crippen molar-refractivity contribution in [3.8, 4) is 22.5 Å². The average Bonchev–Trinajstić information content (AvgIpc) is 3.11. The molecule has 2 heteroatoms. The summed E-state index contributed by atoms with van der Waals surface area (Å²) in [6, 6.07) is 25.6. The van der Waals surface area contributed by atoms with Gasteiger partial charge in [-0.1, -0.05) is 62.4 Å². The number of fused-ring (bicyclic) bond motifs is 1. The van der Waals surface area contributed by atoms with Gasteiger partial charge in [0, 0.05) is 11.1 Å². The standard InChI is InChI=1S/C25H24N2/c1-17(2)19-7-5-9-21(15-19)24-13-11-23-12-14-25(27(23)26-24)22-10-6-8-20(16-22)18(3)4/h5-17H,3H2,1-2,4H3. The lowest BCUT2D eigenvalue weighted by Gasteiger charge is -2.10. The number of nitrogens with zero attached hydrogens (tertiary/aromatic N) is 2. The third kappa shape index (κ3) is 3.31. The lowest BCUT2D eigenvalue weighted by molar-refractivity contribution is 0.866. The highest BCUT2D eigenvalue weighted by molar-refractivity contribution is 5.73. The quantitative estimate of drug-likeness (QED) is 0.394. The maximum Gasteiger partial charge on any atom is 0.0913 e. The number of benzene rings is 2. The molecule has 0 aliphatic heterocycles. The van der Waals surface area contributed by atoms with Crippen LogP contribution in [-0.2, 0) is 0 Å². The molecule has 0 aliphatic carbocycles. The van der Waals surface area contributed by atoms with Gasteiger partial charge in [0.2, 0.25) is 0 Å². The molecule has 2 aromatic heterocycles. The van der Waals surface area contributed by atoms with Crippen molar-refractivity contribution in [2.24, 2.45) is 0 Å². The second-order valence-electron chi connectivity index (χ2n) is 7.42. The Labute approximate surface area is 160 Å². The zero-order valence-corrected chi connectivity index (χ0v) is 16.1. The molecule has 0 fully saturated rings. The van der Waals surface area contributed by atoms with Gasteiger partial charge >= 0.3 is 0 Å². The first-order valence-corrected chi connectivity index (χ1v) is 9.38. The van der Waals surface area contributed by atoms with Crippen LogP contribution in [0.2, 0.25) is 0 Å². The van der Waals surface area contributed by atoms with Crippen LogP contribution in [0.25, 0.3) is 33.6 Å². The normalized spacial score (nSPS) is 11.3. The molecule has 0 saturated heterocycles. The molecule has 0 saturated carbocycles. The van der Waals surface area contributed by atoms with E-state index in [4.69, 9.17) is 5.10 Å². The van der Waals surface area contributed by atoms with Gasteiger partial charge in [0.25, 0.3) is 0 Å². The molecule has 2 nitrogen and oxygen atoms in total. The van der Waals surface area contributed by atoms with Crippen LogP contribution >= 0.6 is 0 Å². The molecule has 27 heavy (non-hydrogen) atoms. The minimum Gasteiger partial charge on any atom is -0.233 e. The molecule has 2 heterocycles. The van der Waals surface area contributed by atoms with E-state index in [9.17, 15) is 0 Å². The Bertz CT molecular complexity index is 1130. The van der Waals surface area contributed by atoms with Crippen molar-refractivity contribution in [3.05, 3.63) is 90.5 Å². The number of rotatable bonds is 4. The van der Waals surface area contributed by atoms with E-state index in [1.54, 1.807) is 0 Å². The molecule has 0 aliphatic rings. The van der Waals surface area contributed by atoms with Crippen LogP contribution in [0.4, 0.5) is 0 Å². The molecule has 0 spiro atoms. The Balaban J connectivity index is 1.84. The maximum absolute atomic E-state index is 4.95. The zero-order chi connectivity index (χ0) is 19.0. The van der Waals surface area contributed by atoms with Crippen LogP contribution in [0.15, 0.2) is 79.4 Å². The molecule has 0 amide bonds. The summed E-state index contributed by atoms with van der Waals surface area (Å²) in [6.45, 7) is 10.5. The minimum absolute atomic E-state index is 0.501. The highest BCUT2D eigenvalue weighted by Gasteiger charge is 2.09. The summed E-state index contributed by atoms with van der Waals surface area (Å²) < 4.78 is 2.04. The zero-order valence-electron chi connectivity index (χ0n) is 16.1. The summed E-state index contributed by atoms with van der Waals surface area (Å²) >= 11 is 0. The second-order valence-corrected chi connectivity index (χ2v) is 7.42. The molecule has 0 N–H and O–H groups in total. The summed E-state index contributed by atoms with van der Waals surface area (Å²) in [5.74, 6) is 0.501. The van der Waals surface area contributed by atoms with E-state index in [-0.39, 0.29) is 0 Å². The largest absolute Gasteiger partial charge is 0.233 e. The highest BCUT2D eigenvalue weighted by atomic mass is 15.2. The number of aromatic nitrogens is 2. The molecule has 0 unspecified atom stereocenters. The van der Waals surface area contributed by atoms with Crippen LogP contribution in [0.1, 0.15) is 37.8 Å². The SMILES string of the molecule is C=C(C)c1cccc(-c2ccc3ccc(-c4cccc(C(C)C)c4)nn23)c1. The maximum atomic E-state index is 4.95. The predicted octanol–water partition coefficient (Wildman–Crippen LogP) is 6.82. The van der Waals surface area contributed by atoms with Crippen molar-refractivity contribution >= 4 is 11.1 Å². The Morgan fingerprint density at radius 3 is 2.41 bits per heavy atom. The summed E-state index contributed by atoms with van der Waals surface area (Å²) in [7, 11) is 0. The van der Waals surface area contributed by atoms with E-state index in [1.165, 1.54) is 5.56 Å². The van der Waals surface area contributed by atoms with E-state index in [1.807, 2.05) is 11.4 Å². The molecule has 4 aromatic rings. The molecular formula is C25H24N2. The van der Waals surface area contributed by atoms with Crippen LogP contribution < -0.4 is 0 Å². The first kappa shape index (κ1) is 17.3. The smallest absolute Gasteiger partial charge is 0.0913 e. The number of hydrogen-bond acceptors (Lipinski definition) is 1. The summed E-state index contributed by atoms with van der Waals surface area (Å²) in [5, 5.41) is 4.95. The average molecular weight is 352 g/mol. The topological polar surface area (TPSA) is 17.3 Å². The Morgan fingerprint density at radius 2 is 1.63 bits per heavy atom. The summed E-state index contributed by atoms with van der Waals surface area (Å²) in [6.07, 6.45) is 0. The van der Waals surface area contributed by atoms with Gasteiger partial charge in [0.15, 0.2) is 0 Å². The van der Waals surface area contributed by atoms with Gasteiger partial charge in [0.1, 0.15) is 0 Å². The van der Waals surface area contributed by atoms with Gasteiger partial charge in [-0.25, -0.2) is 4.52 Å². The van der Waals surface area contributed by atoms with E-state index < -0.39 is 0 Å². The fraction of sp³-hybridized carbons (Fsp3) is 0.160. The molecule has 0 bridgehead atoms. The fourth-order valence-electron chi connectivity index (χ4n) is 3.36. The van der Waals surface area contributed by atoms with Crippen molar-refractivity contribution in [1.29, 1.82) is 0 Å². The lowest BCUT2D eigenvalue weighted by Crippen LogP contribution is -1.97. The first-order chi connectivity index (χ1) is 13.0. The van der Waals surface area contributed by atoms with E-state index in [2.05, 4.69) is 93.2 Å². The van der Waals surface area contributed by atoms with Gasteiger partial charge in [-0.3, -0.25) is 0 Å².